The molecule has 2 N–H and O–H groups in total. The minimum absolute atomic E-state index is 0.0318. The van der Waals surface area contributed by atoms with Gasteiger partial charge >= 0.3 is 5.97 Å². The number of amides is 1. The Labute approximate surface area is 112 Å². The Bertz CT molecular complexity index is 383. The molecule has 5 heteroatoms. The molecule has 2 heterocycles. The fourth-order valence-corrected chi connectivity index (χ4v) is 4.25. The molecule has 5 nitrogen and oxygen atoms in total. The summed E-state index contributed by atoms with van der Waals surface area (Å²) in [5, 5.41) is 19.0. The second kappa shape index (κ2) is 4.78. The zero-order chi connectivity index (χ0) is 13.6. The number of fused-ring (bicyclic) bond motifs is 2. The monoisotopic (exact) mass is 267 g/mol. The molecule has 0 radical (unpaired) electrons. The maximum atomic E-state index is 12.7. The van der Waals surface area contributed by atoms with Crippen molar-refractivity contribution in [2.24, 2.45) is 11.8 Å². The molecule has 2 saturated heterocycles. The van der Waals surface area contributed by atoms with E-state index in [0.29, 0.717) is 25.7 Å². The van der Waals surface area contributed by atoms with Crippen LogP contribution in [0.25, 0.3) is 0 Å². The Balaban J connectivity index is 1.76. The first-order valence-electron chi connectivity index (χ1n) is 7.31. The maximum absolute atomic E-state index is 12.7. The van der Waals surface area contributed by atoms with E-state index in [1.54, 1.807) is 0 Å². The molecule has 4 atom stereocenters. The molecular weight excluding hydrogens is 246 g/mol. The minimum Gasteiger partial charge on any atom is -0.481 e. The number of carbonyl (C=O) groups excluding carboxylic acids is 1. The van der Waals surface area contributed by atoms with Gasteiger partial charge < -0.3 is 15.1 Å². The summed E-state index contributed by atoms with van der Waals surface area (Å²) in [5.74, 6) is -1.64. The van der Waals surface area contributed by atoms with E-state index in [9.17, 15) is 19.8 Å². The first kappa shape index (κ1) is 12.9. The predicted octanol–water partition coefficient (Wildman–Crippen LogP) is 1.00. The molecule has 3 rings (SSSR count). The molecule has 2 aliphatic heterocycles. The number of carboxylic acids is 1. The maximum Gasteiger partial charge on any atom is 0.307 e. The molecule has 19 heavy (non-hydrogen) atoms. The first-order chi connectivity index (χ1) is 9.08. The first-order valence-corrected chi connectivity index (χ1v) is 7.31. The Kier molecular flexibility index (Phi) is 3.25. The van der Waals surface area contributed by atoms with E-state index in [2.05, 4.69) is 0 Å². The topological polar surface area (TPSA) is 77.8 Å². The highest BCUT2D eigenvalue weighted by Gasteiger charge is 2.47. The fourth-order valence-electron chi connectivity index (χ4n) is 4.25. The zero-order valence-electron chi connectivity index (χ0n) is 11.0. The molecule has 0 aromatic rings. The summed E-state index contributed by atoms with van der Waals surface area (Å²) < 4.78 is 0. The van der Waals surface area contributed by atoms with Crippen molar-refractivity contribution in [3.8, 4) is 0 Å². The van der Waals surface area contributed by atoms with E-state index < -0.39 is 11.9 Å². The number of hydrogen-bond acceptors (Lipinski definition) is 3. The number of hydrogen-bond donors (Lipinski definition) is 2. The summed E-state index contributed by atoms with van der Waals surface area (Å²) in [6, 6.07) is 0.271. The molecular formula is C14H21NO4. The molecule has 0 spiro atoms. The van der Waals surface area contributed by atoms with E-state index in [-0.39, 0.29) is 30.0 Å². The van der Waals surface area contributed by atoms with Crippen LogP contribution in [0.3, 0.4) is 0 Å². The SMILES string of the molecule is O=C(O)[C@H]1CCC[C@H]1C(=O)N1C2CCC1CC(O)C2. The number of aliphatic hydroxyl groups is 1. The highest BCUT2D eigenvalue weighted by Crippen LogP contribution is 2.40. The van der Waals surface area contributed by atoms with Crippen LogP contribution >= 0.6 is 0 Å². The molecule has 1 aliphatic carbocycles. The average molecular weight is 267 g/mol. The van der Waals surface area contributed by atoms with Gasteiger partial charge in [0.25, 0.3) is 0 Å². The number of aliphatic hydroxyl groups excluding tert-OH is 1. The van der Waals surface area contributed by atoms with E-state index in [4.69, 9.17) is 0 Å². The molecule has 3 aliphatic rings. The van der Waals surface area contributed by atoms with Crippen LogP contribution in [0.1, 0.15) is 44.9 Å². The van der Waals surface area contributed by atoms with Crippen molar-refractivity contribution in [3.05, 3.63) is 0 Å². The summed E-state index contributed by atoms with van der Waals surface area (Å²) in [6.45, 7) is 0. The van der Waals surface area contributed by atoms with Gasteiger partial charge in [-0.05, 0) is 38.5 Å². The lowest BCUT2D eigenvalue weighted by molar-refractivity contribution is -0.152. The van der Waals surface area contributed by atoms with Gasteiger partial charge in [0, 0.05) is 12.1 Å². The minimum atomic E-state index is -0.833. The van der Waals surface area contributed by atoms with Crippen LogP contribution < -0.4 is 0 Å². The van der Waals surface area contributed by atoms with Gasteiger partial charge in [0.05, 0.1) is 17.9 Å². The Morgan fingerprint density at radius 3 is 2.11 bits per heavy atom. The number of rotatable bonds is 2. The molecule has 2 unspecified atom stereocenters. The number of nitrogens with zero attached hydrogens (tertiary/aromatic N) is 1. The van der Waals surface area contributed by atoms with Crippen molar-refractivity contribution in [2.75, 3.05) is 0 Å². The highest BCUT2D eigenvalue weighted by molar-refractivity contribution is 5.86. The Morgan fingerprint density at radius 2 is 1.53 bits per heavy atom. The van der Waals surface area contributed by atoms with Crippen LogP contribution in [0.4, 0.5) is 0 Å². The third-order valence-corrected chi connectivity index (χ3v) is 5.11. The lowest BCUT2D eigenvalue weighted by Crippen LogP contribution is -2.51. The summed E-state index contributed by atoms with van der Waals surface area (Å²) in [4.78, 5) is 25.8. The second-order valence-electron chi connectivity index (χ2n) is 6.24. The van der Waals surface area contributed by atoms with Gasteiger partial charge in [-0.3, -0.25) is 9.59 Å². The van der Waals surface area contributed by atoms with Gasteiger partial charge in [0.2, 0.25) is 5.91 Å². The van der Waals surface area contributed by atoms with Gasteiger partial charge in [-0.2, -0.15) is 0 Å². The van der Waals surface area contributed by atoms with Crippen molar-refractivity contribution in [3.63, 3.8) is 0 Å². The number of carboxylic acid groups (broad SMARTS) is 1. The van der Waals surface area contributed by atoms with Crippen molar-refractivity contribution >= 4 is 11.9 Å². The van der Waals surface area contributed by atoms with E-state index >= 15 is 0 Å². The van der Waals surface area contributed by atoms with Crippen molar-refractivity contribution < 1.29 is 19.8 Å². The lowest BCUT2D eigenvalue weighted by atomic mass is 9.91. The Morgan fingerprint density at radius 1 is 0.947 bits per heavy atom. The molecule has 0 aromatic heterocycles. The van der Waals surface area contributed by atoms with Crippen LogP contribution in [0, 0.1) is 11.8 Å². The third kappa shape index (κ3) is 2.14. The van der Waals surface area contributed by atoms with E-state index in [1.165, 1.54) is 0 Å². The van der Waals surface area contributed by atoms with Crippen LogP contribution in [-0.2, 0) is 9.59 Å². The van der Waals surface area contributed by atoms with Gasteiger partial charge in [-0.15, -0.1) is 0 Å². The van der Waals surface area contributed by atoms with Crippen molar-refractivity contribution in [1.82, 2.24) is 4.90 Å². The second-order valence-corrected chi connectivity index (χ2v) is 6.24. The van der Waals surface area contributed by atoms with Crippen LogP contribution in [0.15, 0.2) is 0 Å². The lowest BCUT2D eigenvalue weighted by Gasteiger charge is -2.39. The number of piperidine rings is 1. The van der Waals surface area contributed by atoms with E-state index in [1.807, 2.05) is 4.90 Å². The zero-order valence-corrected chi connectivity index (χ0v) is 11.0. The predicted molar refractivity (Wildman–Crippen MR) is 67.4 cm³/mol. The van der Waals surface area contributed by atoms with Crippen LogP contribution in [-0.4, -0.2) is 45.2 Å². The standard InChI is InChI=1S/C14H21NO4/c16-10-6-8-4-5-9(7-10)15(8)13(17)11-2-1-3-12(11)14(18)19/h8-12,16H,1-7H2,(H,18,19)/t8?,9?,10?,11-,12+/m1/s1. The van der Waals surface area contributed by atoms with Crippen LogP contribution in [0.2, 0.25) is 0 Å². The Hall–Kier alpha value is -1.10. The quantitative estimate of drug-likeness (QED) is 0.782. The molecule has 2 bridgehead atoms. The summed E-state index contributed by atoms with van der Waals surface area (Å²) in [6.07, 6.45) is 5.10. The third-order valence-electron chi connectivity index (χ3n) is 5.11. The molecule has 0 aromatic carbocycles. The molecule has 3 fully saturated rings. The fraction of sp³-hybridized carbons (Fsp3) is 0.857. The number of carbonyl (C=O) groups is 2. The average Bonchev–Trinajstić information content (AvgIpc) is 2.92. The number of aliphatic carboxylic acids is 1. The van der Waals surface area contributed by atoms with Gasteiger partial charge in [-0.1, -0.05) is 6.42 Å². The summed E-state index contributed by atoms with van der Waals surface area (Å²) >= 11 is 0. The van der Waals surface area contributed by atoms with Crippen molar-refractivity contribution in [1.29, 1.82) is 0 Å². The van der Waals surface area contributed by atoms with Gasteiger partial charge in [0.15, 0.2) is 0 Å². The summed E-state index contributed by atoms with van der Waals surface area (Å²) in [7, 11) is 0. The van der Waals surface area contributed by atoms with Crippen LogP contribution in [0.5, 0.6) is 0 Å². The van der Waals surface area contributed by atoms with Crippen molar-refractivity contribution in [2.45, 2.75) is 63.1 Å². The largest absolute Gasteiger partial charge is 0.481 e. The van der Waals surface area contributed by atoms with Gasteiger partial charge in [-0.25, -0.2) is 0 Å². The molecule has 1 saturated carbocycles. The van der Waals surface area contributed by atoms with E-state index in [0.717, 1.165) is 19.3 Å². The normalized spacial score (nSPS) is 41.5. The molecule has 106 valence electrons. The van der Waals surface area contributed by atoms with Gasteiger partial charge in [0.1, 0.15) is 0 Å². The molecule has 1 amide bonds. The smallest absolute Gasteiger partial charge is 0.307 e. The highest BCUT2D eigenvalue weighted by atomic mass is 16.4. The summed E-state index contributed by atoms with van der Waals surface area (Å²) in [5.41, 5.74) is 0.